The zero-order chi connectivity index (χ0) is 8.43. The van der Waals surface area contributed by atoms with Crippen molar-refractivity contribution in [2.75, 3.05) is 0 Å². The summed E-state index contributed by atoms with van der Waals surface area (Å²) in [5.41, 5.74) is 2.62. The molecule has 0 amide bonds. The van der Waals surface area contributed by atoms with Crippen LogP contribution in [0.15, 0.2) is 0 Å². The molecule has 0 aliphatic rings. The van der Waals surface area contributed by atoms with E-state index in [0.29, 0.717) is 10.5 Å². The van der Waals surface area contributed by atoms with Crippen molar-refractivity contribution in [3.05, 3.63) is 22.2 Å². The summed E-state index contributed by atoms with van der Waals surface area (Å²) in [5, 5.41) is 1.19. The summed E-state index contributed by atoms with van der Waals surface area (Å²) in [5.74, 6) is 0. The van der Waals surface area contributed by atoms with Crippen molar-refractivity contribution in [1.29, 1.82) is 0 Å². The van der Waals surface area contributed by atoms with Crippen LogP contribution in [0.25, 0.3) is 0 Å². The van der Waals surface area contributed by atoms with E-state index in [4.69, 9.17) is 11.6 Å². The van der Waals surface area contributed by atoms with Gasteiger partial charge in [-0.3, -0.25) is 4.98 Å². The number of halogens is 2. The molecule has 0 N–H and O–H groups in total. The Kier molecular flexibility index (Phi) is 2.84. The van der Waals surface area contributed by atoms with Crippen molar-refractivity contribution >= 4 is 27.5 Å². The van der Waals surface area contributed by atoms with Crippen LogP contribution in [0, 0.1) is 13.8 Å². The molecule has 0 saturated carbocycles. The molecule has 0 saturated heterocycles. The molecule has 0 fully saturated rings. The SMILES string of the molecule is Cc1nc(C)c(CBr)nc1Cl. The summed E-state index contributed by atoms with van der Waals surface area (Å²) < 4.78 is 0. The van der Waals surface area contributed by atoms with Gasteiger partial charge in [-0.05, 0) is 13.8 Å². The van der Waals surface area contributed by atoms with Gasteiger partial charge in [-0.15, -0.1) is 0 Å². The Balaban J connectivity index is 3.21. The molecule has 4 heteroatoms. The maximum absolute atomic E-state index is 5.77. The van der Waals surface area contributed by atoms with Gasteiger partial charge in [0.1, 0.15) is 0 Å². The van der Waals surface area contributed by atoms with Crippen molar-refractivity contribution in [3.63, 3.8) is 0 Å². The first-order valence-corrected chi connectivity index (χ1v) is 4.70. The van der Waals surface area contributed by atoms with Gasteiger partial charge in [0.2, 0.25) is 0 Å². The maximum atomic E-state index is 5.77. The molecule has 0 unspecified atom stereocenters. The maximum Gasteiger partial charge on any atom is 0.150 e. The van der Waals surface area contributed by atoms with Gasteiger partial charge in [-0.1, -0.05) is 27.5 Å². The molecular weight excluding hydrogens is 227 g/mol. The van der Waals surface area contributed by atoms with Crippen LogP contribution in [0.2, 0.25) is 5.15 Å². The molecule has 11 heavy (non-hydrogen) atoms. The number of aryl methyl sites for hydroxylation is 2. The van der Waals surface area contributed by atoms with Crippen LogP contribution in [-0.4, -0.2) is 9.97 Å². The minimum atomic E-state index is 0.491. The Morgan fingerprint density at radius 3 is 2.45 bits per heavy atom. The van der Waals surface area contributed by atoms with Crippen LogP contribution >= 0.6 is 27.5 Å². The lowest BCUT2D eigenvalue weighted by Crippen LogP contribution is -1.97. The Hall–Kier alpha value is -0.150. The van der Waals surface area contributed by atoms with E-state index in [2.05, 4.69) is 25.9 Å². The monoisotopic (exact) mass is 234 g/mol. The molecular formula is C7H8BrClN2. The first kappa shape index (κ1) is 8.94. The number of nitrogens with zero attached hydrogens (tertiary/aromatic N) is 2. The smallest absolute Gasteiger partial charge is 0.150 e. The average Bonchev–Trinajstić information content (AvgIpc) is 1.97. The van der Waals surface area contributed by atoms with E-state index >= 15 is 0 Å². The van der Waals surface area contributed by atoms with E-state index in [9.17, 15) is 0 Å². The quantitative estimate of drug-likeness (QED) is 0.700. The van der Waals surface area contributed by atoms with E-state index < -0.39 is 0 Å². The molecule has 0 bridgehead atoms. The predicted octanol–water partition coefficient (Wildman–Crippen LogP) is 2.64. The number of alkyl halides is 1. The third kappa shape index (κ3) is 1.91. The Morgan fingerprint density at radius 2 is 1.91 bits per heavy atom. The molecule has 1 aromatic rings. The molecule has 0 aliphatic carbocycles. The van der Waals surface area contributed by atoms with Gasteiger partial charge in [0.05, 0.1) is 17.1 Å². The standard InChI is InChI=1S/C7H8BrClN2/c1-4-6(3-8)11-7(9)5(2)10-4/h3H2,1-2H3. The summed E-state index contributed by atoms with van der Waals surface area (Å²) in [6.07, 6.45) is 0. The summed E-state index contributed by atoms with van der Waals surface area (Å²) in [6, 6.07) is 0. The number of aromatic nitrogens is 2. The third-order valence-electron chi connectivity index (χ3n) is 1.41. The van der Waals surface area contributed by atoms with Crippen LogP contribution < -0.4 is 0 Å². The number of hydrogen-bond donors (Lipinski definition) is 0. The molecule has 0 spiro atoms. The largest absolute Gasteiger partial charge is 0.253 e. The molecule has 1 heterocycles. The molecule has 0 aliphatic heterocycles. The molecule has 0 radical (unpaired) electrons. The minimum absolute atomic E-state index is 0.491. The normalized spacial score (nSPS) is 10.2. The van der Waals surface area contributed by atoms with E-state index in [1.165, 1.54) is 0 Å². The van der Waals surface area contributed by atoms with E-state index in [0.717, 1.165) is 17.1 Å². The van der Waals surface area contributed by atoms with Gasteiger partial charge in [-0.2, -0.15) is 0 Å². The van der Waals surface area contributed by atoms with Gasteiger partial charge < -0.3 is 0 Å². The van der Waals surface area contributed by atoms with E-state index in [-0.39, 0.29) is 0 Å². The van der Waals surface area contributed by atoms with Crippen LogP contribution in [0.5, 0.6) is 0 Å². The highest BCUT2D eigenvalue weighted by atomic mass is 79.9. The van der Waals surface area contributed by atoms with Crippen LogP contribution in [0.4, 0.5) is 0 Å². The van der Waals surface area contributed by atoms with E-state index in [1.807, 2.05) is 13.8 Å². The first-order chi connectivity index (χ1) is 5.15. The topological polar surface area (TPSA) is 25.8 Å². The summed E-state index contributed by atoms with van der Waals surface area (Å²) in [6.45, 7) is 3.77. The Morgan fingerprint density at radius 1 is 1.27 bits per heavy atom. The van der Waals surface area contributed by atoms with Crippen molar-refractivity contribution in [2.45, 2.75) is 19.2 Å². The van der Waals surface area contributed by atoms with Gasteiger partial charge >= 0.3 is 0 Å². The van der Waals surface area contributed by atoms with Crippen molar-refractivity contribution in [1.82, 2.24) is 9.97 Å². The second-order valence-electron chi connectivity index (χ2n) is 2.27. The zero-order valence-electron chi connectivity index (χ0n) is 6.36. The molecule has 0 atom stereocenters. The second-order valence-corrected chi connectivity index (χ2v) is 3.18. The highest BCUT2D eigenvalue weighted by Gasteiger charge is 2.03. The van der Waals surface area contributed by atoms with Crippen LogP contribution in [0.1, 0.15) is 17.1 Å². The van der Waals surface area contributed by atoms with Crippen molar-refractivity contribution in [3.8, 4) is 0 Å². The zero-order valence-corrected chi connectivity index (χ0v) is 8.70. The fraction of sp³-hybridized carbons (Fsp3) is 0.429. The summed E-state index contributed by atoms with van der Waals surface area (Å²) in [7, 11) is 0. The van der Waals surface area contributed by atoms with Crippen LogP contribution in [-0.2, 0) is 5.33 Å². The lowest BCUT2D eigenvalue weighted by molar-refractivity contribution is 0.997. The number of hydrogen-bond acceptors (Lipinski definition) is 2. The highest BCUT2D eigenvalue weighted by Crippen LogP contribution is 2.14. The molecule has 1 rings (SSSR count). The predicted molar refractivity (Wildman–Crippen MR) is 49.1 cm³/mol. The van der Waals surface area contributed by atoms with Gasteiger partial charge in [-0.25, -0.2) is 4.98 Å². The fourth-order valence-electron chi connectivity index (χ4n) is 0.769. The Labute approximate surface area is 79.1 Å². The summed E-state index contributed by atoms with van der Waals surface area (Å²) >= 11 is 9.08. The number of rotatable bonds is 1. The Bertz CT molecular complexity index is 275. The van der Waals surface area contributed by atoms with Crippen LogP contribution in [0.3, 0.4) is 0 Å². The van der Waals surface area contributed by atoms with Gasteiger partial charge in [0, 0.05) is 5.33 Å². The minimum Gasteiger partial charge on any atom is -0.253 e. The van der Waals surface area contributed by atoms with Crippen molar-refractivity contribution < 1.29 is 0 Å². The fourth-order valence-corrected chi connectivity index (χ4v) is 1.44. The van der Waals surface area contributed by atoms with Crippen molar-refractivity contribution in [2.24, 2.45) is 0 Å². The highest BCUT2D eigenvalue weighted by molar-refractivity contribution is 9.08. The van der Waals surface area contributed by atoms with Gasteiger partial charge in [0.15, 0.2) is 5.15 Å². The first-order valence-electron chi connectivity index (χ1n) is 3.20. The lowest BCUT2D eigenvalue weighted by atomic mass is 10.3. The third-order valence-corrected chi connectivity index (χ3v) is 2.30. The molecule has 60 valence electrons. The molecule has 0 aromatic carbocycles. The molecule has 2 nitrogen and oxygen atoms in total. The molecule has 1 aromatic heterocycles. The van der Waals surface area contributed by atoms with Gasteiger partial charge in [0.25, 0.3) is 0 Å². The lowest BCUT2D eigenvalue weighted by Gasteiger charge is -2.02. The second kappa shape index (κ2) is 3.50. The van der Waals surface area contributed by atoms with E-state index in [1.54, 1.807) is 0 Å². The summed E-state index contributed by atoms with van der Waals surface area (Å²) in [4.78, 5) is 8.37. The average molecular weight is 236 g/mol.